The molecule has 132 valence electrons. The Labute approximate surface area is 154 Å². The highest BCUT2D eigenvalue weighted by Gasteiger charge is 2.24. The number of nitrogens with zero attached hydrogens (tertiary/aromatic N) is 4. The van der Waals surface area contributed by atoms with E-state index in [9.17, 15) is 9.59 Å². The molecule has 8 heteroatoms. The summed E-state index contributed by atoms with van der Waals surface area (Å²) in [5.41, 5.74) is 0.297. The minimum Gasteiger partial charge on any atom is -0.353 e. The fraction of sp³-hybridized carbons (Fsp3) is 0.222. The Balaban J connectivity index is 1.50. The van der Waals surface area contributed by atoms with E-state index >= 15 is 0 Å². The lowest BCUT2D eigenvalue weighted by atomic mass is 10.2. The number of pyridine rings is 1. The monoisotopic (exact) mass is 367 g/mol. The number of amides is 1. The predicted octanol–water partition coefficient (Wildman–Crippen LogP) is 1.86. The minimum absolute atomic E-state index is 0.184. The maximum absolute atomic E-state index is 12.8. The Morgan fingerprint density at radius 2 is 1.96 bits per heavy atom. The summed E-state index contributed by atoms with van der Waals surface area (Å²) in [6.45, 7) is 2.53. The van der Waals surface area contributed by atoms with E-state index in [1.54, 1.807) is 17.2 Å². The van der Waals surface area contributed by atoms with Gasteiger partial charge < -0.3 is 14.8 Å². The fourth-order valence-corrected chi connectivity index (χ4v) is 3.67. The molecule has 1 aliphatic heterocycles. The van der Waals surface area contributed by atoms with Crippen molar-refractivity contribution < 1.29 is 4.79 Å². The maximum Gasteiger partial charge on any atom is 0.346 e. The lowest BCUT2D eigenvalue weighted by Gasteiger charge is -2.35. The first kappa shape index (κ1) is 16.5. The molecule has 0 bridgehead atoms. The summed E-state index contributed by atoms with van der Waals surface area (Å²) in [7, 11) is 0. The second kappa shape index (κ2) is 7.09. The molecule has 1 aliphatic rings. The molecule has 0 aliphatic carbocycles. The second-order valence-electron chi connectivity index (χ2n) is 5.93. The van der Waals surface area contributed by atoms with Crippen LogP contribution in [-0.4, -0.2) is 51.9 Å². The van der Waals surface area contributed by atoms with Crippen molar-refractivity contribution in [2.45, 2.75) is 0 Å². The smallest absolute Gasteiger partial charge is 0.346 e. The Morgan fingerprint density at radius 1 is 1.12 bits per heavy atom. The molecule has 4 rings (SSSR count). The van der Waals surface area contributed by atoms with Gasteiger partial charge in [-0.05, 0) is 29.6 Å². The second-order valence-corrected chi connectivity index (χ2v) is 6.88. The van der Waals surface area contributed by atoms with Gasteiger partial charge in [-0.2, -0.15) is 4.98 Å². The van der Waals surface area contributed by atoms with Gasteiger partial charge >= 0.3 is 5.69 Å². The number of anilines is 1. The molecule has 1 amide bonds. The van der Waals surface area contributed by atoms with E-state index in [-0.39, 0.29) is 11.6 Å². The van der Waals surface area contributed by atoms with Gasteiger partial charge in [-0.25, -0.2) is 9.78 Å². The van der Waals surface area contributed by atoms with Crippen LogP contribution in [0.5, 0.6) is 0 Å². The standard InChI is InChI=1S/C18H17N5O2S/c24-17(14-12-13(20-18(25)21-14)15-4-3-11-26-15)23-9-7-22(8-10-23)16-5-1-2-6-19-16/h1-6,11-12H,7-10H2,(H,20,21,25). The zero-order chi connectivity index (χ0) is 17.9. The van der Waals surface area contributed by atoms with Crippen LogP contribution >= 0.6 is 11.3 Å². The molecular formula is C18H17N5O2S. The van der Waals surface area contributed by atoms with E-state index in [2.05, 4.69) is 19.9 Å². The lowest BCUT2D eigenvalue weighted by Crippen LogP contribution is -2.49. The summed E-state index contributed by atoms with van der Waals surface area (Å²) in [5, 5.41) is 1.92. The largest absolute Gasteiger partial charge is 0.353 e. The first-order valence-electron chi connectivity index (χ1n) is 8.31. The first-order valence-corrected chi connectivity index (χ1v) is 9.19. The molecule has 0 unspecified atom stereocenters. The van der Waals surface area contributed by atoms with Crippen LogP contribution in [-0.2, 0) is 0 Å². The van der Waals surface area contributed by atoms with E-state index in [0.29, 0.717) is 31.9 Å². The Bertz CT molecular complexity index is 947. The number of carbonyl (C=O) groups excluding carboxylic acids is 1. The molecule has 7 nitrogen and oxygen atoms in total. The molecule has 4 heterocycles. The summed E-state index contributed by atoms with van der Waals surface area (Å²) in [5.74, 6) is 0.698. The Morgan fingerprint density at radius 3 is 2.65 bits per heavy atom. The number of aromatic amines is 1. The van der Waals surface area contributed by atoms with Crippen LogP contribution in [0.3, 0.4) is 0 Å². The van der Waals surface area contributed by atoms with Crippen molar-refractivity contribution in [3.63, 3.8) is 0 Å². The minimum atomic E-state index is -0.508. The quantitative estimate of drug-likeness (QED) is 0.764. The van der Waals surface area contributed by atoms with Gasteiger partial charge in [0.2, 0.25) is 0 Å². The number of rotatable bonds is 3. The number of piperazine rings is 1. The topological polar surface area (TPSA) is 82.2 Å². The lowest BCUT2D eigenvalue weighted by molar-refractivity contribution is 0.0740. The van der Waals surface area contributed by atoms with Crippen LogP contribution in [0.25, 0.3) is 10.6 Å². The molecular weight excluding hydrogens is 350 g/mol. The van der Waals surface area contributed by atoms with Crippen molar-refractivity contribution >= 4 is 23.1 Å². The summed E-state index contributed by atoms with van der Waals surface area (Å²) in [6.07, 6.45) is 1.76. The Kier molecular flexibility index (Phi) is 4.49. The number of thiophene rings is 1. The van der Waals surface area contributed by atoms with Gasteiger partial charge in [-0.1, -0.05) is 12.1 Å². The molecule has 3 aromatic heterocycles. The number of hydrogen-bond acceptors (Lipinski definition) is 6. The number of H-pyrrole nitrogens is 1. The van der Waals surface area contributed by atoms with E-state index in [1.807, 2.05) is 35.7 Å². The molecule has 0 aromatic carbocycles. The van der Waals surface area contributed by atoms with Gasteiger partial charge in [-0.15, -0.1) is 11.3 Å². The summed E-state index contributed by atoms with van der Waals surface area (Å²) in [4.78, 5) is 40.4. The molecule has 0 spiro atoms. The normalized spacial score (nSPS) is 14.5. The molecule has 1 fully saturated rings. The first-order chi connectivity index (χ1) is 12.7. The molecule has 1 saturated heterocycles. The average Bonchev–Trinajstić information content (AvgIpc) is 3.23. The van der Waals surface area contributed by atoms with Gasteiger partial charge in [0.25, 0.3) is 5.91 Å². The number of hydrogen-bond donors (Lipinski definition) is 1. The van der Waals surface area contributed by atoms with Gasteiger partial charge in [0.15, 0.2) is 0 Å². The van der Waals surface area contributed by atoms with Crippen molar-refractivity contribution in [3.05, 3.63) is 64.2 Å². The zero-order valence-corrected chi connectivity index (χ0v) is 14.8. The van der Waals surface area contributed by atoms with Gasteiger partial charge in [-0.3, -0.25) is 4.79 Å². The van der Waals surface area contributed by atoms with E-state index in [0.717, 1.165) is 10.7 Å². The van der Waals surface area contributed by atoms with Crippen molar-refractivity contribution in [1.82, 2.24) is 19.9 Å². The summed E-state index contributed by atoms with van der Waals surface area (Å²) in [6, 6.07) is 11.2. The van der Waals surface area contributed by atoms with Crippen LogP contribution in [0.2, 0.25) is 0 Å². The van der Waals surface area contributed by atoms with Gasteiger partial charge in [0.1, 0.15) is 11.5 Å². The van der Waals surface area contributed by atoms with Crippen LogP contribution < -0.4 is 10.6 Å². The van der Waals surface area contributed by atoms with Crippen molar-refractivity contribution in [3.8, 4) is 10.6 Å². The molecule has 0 atom stereocenters. The van der Waals surface area contributed by atoms with Gasteiger partial charge in [0.05, 0.1) is 10.6 Å². The maximum atomic E-state index is 12.8. The zero-order valence-electron chi connectivity index (χ0n) is 14.0. The van der Waals surface area contributed by atoms with Crippen molar-refractivity contribution in [2.24, 2.45) is 0 Å². The number of aromatic nitrogens is 3. The van der Waals surface area contributed by atoms with Crippen LogP contribution in [0.4, 0.5) is 5.82 Å². The number of nitrogens with one attached hydrogen (secondary N) is 1. The van der Waals surface area contributed by atoms with Crippen molar-refractivity contribution in [2.75, 3.05) is 31.1 Å². The van der Waals surface area contributed by atoms with E-state index in [4.69, 9.17) is 0 Å². The van der Waals surface area contributed by atoms with Crippen molar-refractivity contribution in [1.29, 1.82) is 0 Å². The summed E-state index contributed by atoms with van der Waals surface area (Å²) >= 11 is 1.50. The number of carbonyl (C=O) groups is 1. The fourth-order valence-electron chi connectivity index (χ4n) is 2.97. The molecule has 26 heavy (non-hydrogen) atoms. The van der Waals surface area contributed by atoms with Gasteiger partial charge in [0, 0.05) is 32.4 Å². The van der Waals surface area contributed by atoms with E-state index < -0.39 is 5.69 Å². The average molecular weight is 367 g/mol. The highest BCUT2D eigenvalue weighted by molar-refractivity contribution is 7.13. The molecule has 3 aromatic rings. The Hall–Kier alpha value is -3.00. The highest BCUT2D eigenvalue weighted by atomic mass is 32.1. The van der Waals surface area contributed by atoms with Crippen LogP contribution in [0.15, 0.2) is 52.8 Å². The SMILES string of the molecule is O=C(c1cc(-c2cccs2)[nH]c(=O)n1)N1CCN(c2ccccn2)CC1. The third-order valence-electron chi connectivity index (χ3n) is 4.29. The van der Waals surface area contributed by atoms with Crippen LogP contribution in [0.1, 0.15) is 10.5 Å². The molecule has 0 saturated carbocycles. The third-order valence-corrected chi connectivity index (χ3v) is 5.19. The molecule has 0 radical (unpaired) electrons. The summed E-state index contributed by atoms with van der Waals surface area (Å²) < 4.78 is 0. The predicted molar refractivity (Wildman–Crippen MR) is 101 cm³/mol. The third kappa shape index (κ3) is 3.36. The van der Waals surface area contributed by atoms with Crippen LogP contribution in [0, 0.1) is 0 Å². The highest BCUT2D eigenvalue weighted by Crippen LogP contribution is 2.22. The van der Waals surface area contributed by atoms with E-state index in [1.165, 1.54) is 11.3 Å². The molecule has 1 N–H and O–H groups in total.